The lowest BCUT2D eigenvalue weighted by molar-refractivity contribution is 0.102. The average molecular weight is 389 g/mol. The highest BCUT2D eigenvalue weighted by Crippen LogP contribution is 2.19. The van der Waals surface area contributed by atoms with E-state index in [1.165, 1.54) is 16.3 Å². The van der Waals surface area contributed by atoms with Crippen molar-refractivity contribution < 1.29 is 4.79 Å². The highest BCUT2D eigenvalue weighted by molar-refractivity contribution is 9.10. The molecule has 0 bridgehead atoms. The number of fused-ring (bicyclic) bond motifs is 1. The molecule has 0 spiro atoms. The van der Waals surface area contributed by atoms with Crippen molar-refractivity contribution in [3.63, 3.8) is 0 Å². The first kappa shape index (κ1) is 16.0. The highest BCUT2D eigenvalue weighted by Gasteiger charge is 2.11. The summed E-state index contributed by atoms with van der Waals surface area (Å²) in [5.41, 5.74) is 1.19. The van der Waals surface area contributed by atoms with E-state index < -0.39 is 0 Å². The number of Topliss-reactive ketones (excluding diaryl/α,β-unsaturated/α-hetero) is 1. The quantitative estimate of drug-likeness (QED) is 0.388. The fourth-order valence-electron chi connectivity index (χ4n) is 2.18. The molecule has 3 aromatic rings. The van der Waals surface area contributed by atoms with E-state index in [4.69, 9.17) is 0 Å². The second-order valence-electron chi connectivity index (χ2n) is 4.99. The number of hydrogen-bond donors (Lipinski definition) is 0. The Morgan fingerprint density at radius 1 is 1.17 bits per heavy atom. The summed E-state index contributed by atoms with van der Waals surface area (Å²) in [6, 6.07) is 14.4. The summed E-state index contributed by atoms with van der Waals surface area (Å²) < 4.78 is 2.42. The van der Waals surface area contributed by atoms with Gasteiger partial charge in [-0.15, -0.1) is 0 Å². The molecule has 0 N–H and O–H groups in total. The number of para-hydroxylation sites is 1. The summed E-state index contributed by atoms with van der Waals surface area (Å²) in [6.07, 6.45) is 0. The fourth-order valence-corrected chi connectivity index (χ4v) is 3.31. The van der Waals surface area contributed by atoms with E-state index >= 15 is 0 Å². The maximum absolute atomic E-state index is 12.3. The highest BCUT2D eigenvalue weighted by atomic mass is 79.9. The fraction of sp³-hybridized carbons (Fsp3) is 0.118. The van der Waals surface area contributed by atoms with Gasteiger partial charge in [-0.2, -0.15) is 0 Å². The lowest BCUT2D eigenvalue weighted by atomic mass is 10.2. The largest absolute Gasteiger partial charge is 0.293 e. The molecule has 0 unspecified atom stereocenters. The van der Waals surface area contributed by atoms with E-state index in [0.29, 0.717) is 21.6 Å². The number of halogens is 1. The molecule has 2 aromatic carbocycles. The molecule has 3 rings (SSSR count). The van der Waals surface area contributed by atoms with Crippen molar-refractivity contribution >= 4 is 44.4 Å². The zero-order chi connectivity index (χ0) is 16.4. The lowest BCUT2D eigenvalue weighted by Gasteiger charge is -2.08. The minimum Gasteiger partial charge on any atom is -0.293 e. The van der Waals surface area contributed by atoms with Crippen molar-refractivity contribution in [2.45, 2.75) is 5.16 Å². The second kappa shape index (κ2) is 6.68. The Hall–Kier alpha value is -1.92. The smallest absolute Gasteiger partial charge is 0.261 e. The van der Waals surface area contributed by atoms with Crippen LogP contribution in [0, 0.1) is 0 Å². The maximum Gasteiger partial charge on any atom is 0.261 e. The van der Waals surface area contributed by atoms with Crippen molar-refractivity contribution in [1.82, 2.24) is 9.55 Å². The first-order chi connectivity index (χ1) is 11.1. The molecular formula is C17H13BrN2O2S. The molecule has 0 aliphatic rings. The van der Waals surface area contributed by atoms with Crippen molar-refractivity contribution in [3.8, 4) is 0 Å². The van der Waals surface area contributed by atoms with Gasteiger partial charge in [-0.25, -0.2) is 4.98 Å². The van der Waals surface area contributed by atoms with Gasteiger partial charge < -0.3 is 0 Å². The molecule has 0 radical (unpaired) electrons. The predicted octanol–water partition coefficient (Wildman–Crippen LogP) is 3.67. The summed E-state index contributed by atoms with van der Waals surface area (Å²) in [5, 5.41) is 1.12. The summed E-state index contributed by atoms with van der Waals surface area (Å²) in [6.45, 7) is 0. The number of carbonyl (C=O) groups is 1. The molecule has 1 aromatic heterocycles. The molecule has 0 atom stereocenters. The number of ketones is 1. The standard InChI is InChI=1S/C17H13BrN2O2S/c1-20-16(22)13-4-2-3-5-14(13)19-17(20)23-10-15(21)11-6-8-12(18)9-7-11/h2-9H,10H2,1H3. The van der Waals surface area contributed by atoms with E-state index in [1.54, 1.807) is 31.3 Å². The van der Waals surface area contributed by atoms with Crippen LogP contribution in [0.15, 0.2) is 63.0 Å². The van der Waals surface area contributed by atoms with Crippen LogP contribution < -0.4 is 5.56 Å². The Balaban J connectivity index is 1.84. The summed E-state index contributed by atoms with van der Waals surface area (Å²) in [4.78, 5) is 29.0. The van der Waals surface area contributed by atoms with Gasteiger partial charge in [-0.05, 0) is 24.3 Å². The van der Waals surface area contributed by atoms with Crippen LogP contribution in [0.3, 0.4) is 0 Å². The number of benzene rings is 2. The number of carbonyl (C=O) groups excluding carboxylic acids is 1. The summed E-state index contributed by atoms with van der Waals surface area (Å²) in [7, 11) is 1.67. The Kier molecular flexibility index (Phi) is 4.63. The van der Waals surface area contributed by atoms with Crippen LogP contribution in [-0.4, -0.2) is 21.1 Å². The van der Waals surface area contributed by atoms with Gasteiger partial charge in [0.05, 0.1) is 16.7 Å². The Morgan fingerprint density at radius 3 is 2.61 bits per heavy atom. The van der Waals surface area contributed by atoms with Gasteiger partial charge in [-0.1, -0.05) is 52.0 Å². The van der Waals surface area contributed by atoms with Crippen molar-refractivity contribution in [1.29, 1.82) is 0 Å². The van der Waals surface area contributed by atoms with Gasteiger partial charge in [0.2, 0.25) is 0 Å². The van der Waals surface area contributed by atoms with Crippen LogP contribution in [0.5, 0.6) is 0 Å². The van der Waals surface area contributed by atoms with Gasteiger partial charge in [0.1, 0.15) is 0 Å². The molecule has 1 heterocycles. The van der Waals surface area contributed by atoms with E-state index in [9.17, 15) is 9.59 Å². The Labute approximate surface area is 145 Å². The average Bonchev–Trinajstić information content (AvgIpc) is 2.57. The lowest BCUT2D eigenvalue weighted by Crippen LogP contribution is -2.20. The minimum atomic E-state index is -0.103. The number of thioether (sulfide) groups is 1. The number of rotatable bonds is 4. The van der Waals surface area contributed by atoms with E-state index in [2.05, 4.69) is 20.9 Å². The topological polar surface area (TPSA) is 52.0 Å². The van der Waals surface area contributed by atoms with Crippen molar-refractivity contribution in [3.05, 3.63) is 68.9 Å². The van der Waals surface area contributed by atoms with Crippen LogP contribution in [0.4, 0.5) is 0 Å². The first-order valence-electron chi connectivity index (χ1n) is 6.93. The Morgan fingerprint density at radius 2 is 1.87 bits per heavy atom. The third kappa shape index (κ3) is 3.38. The molecule has 0 fully saturated rings. The van der Waals surface area contributed by atoms with E-state index in [-0.39, 0.29) is 17.1 Å². The molecule has 0 aliphatic carbocycles. The maximum atomic E-state index is 12.3. The molecule has 4 nitrogen and oxygen atoms in total. The van der Waals surface area contributed by atoms with Crippen molar-refractivity contribution in [2.75, 3.05) is 5.75 Å². The number of nitrogens with zero attached hydrogens (tertiary/aromatic N) is 2. The number of hydrogen-bond acceptors (Lipinski definition) is 4. The zero-order valence-corrected chi connectivity index (χ0v) is 14.7. The monoisotopic (exact) mass is 388 g/mol. The van der Waals surface area contributed by atoms with Crippen LogP contribution >= 0.6 is 27.7 Å². The van der Waals surface area contributed by atoms with Gasteiger partial charge >= 0.3 is 0 Å². The van der Waals surface area contributed by atoms with Gasteiger partial charge in [-0.3, -0.25) is 14.2 Å². The SMILES string of the molecule is Cn1c(SCC(=O)c2ccc(Br)cc2)nc2ccccc2c1=O. The summed E-state index contributed by atoms with van der Waals surface area (Å²) in [5.74, 6) is 0.241. The van der Waals surface area contributed by atoms with Crippen LogP contribution in [0.1, 0.15) is 10.4 Å². The molecule has 23 heavy (non-hydrogen) atoms. The van der Waals surface area contributed by atoms with Crippen LogP contribution in [-0.2, 0) is 7.05 Å². The molecule has 0 aliphatic heterocycles. The van der Waals surface area contributed by atoms with Gasteiger partial charge in [0.25, 0.3) is 5.56 Å². The van der Waals surface area contributed by atoms with Crippen molar-refractivity contribution in [2.24, 2.45) is 7.05 Å². The predicted molar refractivity (Wildman–Crippen MR) is 96.2 cm³/mol. The van der Waals surface area contributed by atoms with E-state index in [1.807, 2.05) is 24.3 Å². The normalized spacial score (nSPS) is 10.9. The van der Waals surface area contributed by atoms with Crippen LogP contribution in [0.2, 0.25) is 0 Å². The van der Waals surface area contributed by atoms with Gasteiger partial charge in [0.15, 0.2) is 10.9 Å². The summed E-state index contributed by atoms with van der Waals surface area (Å²) >= 11 is 4.62. The first-order valence-corrected chi connectivity index (χ1v) is 8.71. The second-order valence-corrected chi connectivity index (χ2v) is 6.85. The number of aromatic nitrogens is 2. The third-order valence-corrected chi connectivity index (χ3v) is 5.00. The third-order valence-electron chi connectivity index (χ3n) is 3.44. The minimum absolute atomic E-state index is 0.00454. The molecule has 6 heteroatoms. The molecule has 0 saturated heterocycles. The molecule has 116 valence electrons. The molecular weight excluding hydrogens is 376 g/mol. The van der Waals surface area contributed by atoms with Crippen LogP contribution in [0.25, 0.3) is 10.9 Å². The van der Waals surface area contributed by atoms with E-state index in [0.717, 1.165) is 4.47 Å². The Bertz CT molecular complexity index is 935. The molecule has 0 amide bonds. The zero-order valence-electron chi connectivity index (χ0n) is 12.3. The van der Waals surface area contributed by atoms with Gasteiger partial charge in [0, 0.05) is 17.1 Å². The molecule has 0 saturated carbocycles.